The first-order valence-corrected chi connectivity index (χ1v) is 13.7. The number of rotatable bonds is 7. The Balaban J connectivity index is 1.38. The van der Waals surface area contributed by atoms with Gasteiger partial charge >= 0.3 is 6.18 Å². The third-order valence-electron chi connectivity index (χ3n) is 6.62. The summed E-state index contributed by atoms with van der Waals surface area (Å²) in [4.78, 5) is 23.1. The molecule has 1 amide bonds. The first-order valence-electron chi connectivity index (χ1n) is 12.2. The van der Waals surface area contributed by atoms with E-state index in [4.69, 9.17) is 4.74 Å². The fourth-order valence-electron chi connectivity index (χ4n) is 4.33. The summed E-state index contributed by atoms with van der Waals surface area (Å²) in [5.41, 5.74) is -1.46. The lowest BCUT2D eigenvalue weighted by atomic mass is 10.1. The van der Waals surface area contributed by atoms with Crippen molar-refractivity contribution in [1.29, 1.82) is 0 Å². The minimum atomic E-state index is -4.57. The molecule has 0 bridgehead atoms. The van der Waals surface area contributed by atoms with Gasteiger partial charge in [-0.15, -0.1) is 0 Å². The molecule has 2 aliphatic rings. The van der Waals surface area contributed by atoms with Crippen LogP contribution < -0.4 is 14.4 Å². The van der Waals surface area contributed by atoms with E-state index in [1.165, 1.54) is 12.1 Å². The Labute approximate surface area is 222 Å². The number of nitrogens with zero attached hydrogens (tertiary/aromatic N) is 3. The standard InChI is InChI=1S/C26H25F3N4O5S/c1-16-5-6-19(20-14-17(7-11-30-20)26(27,28)29)21(13-16)38-25(9-10-25)24(35)32-39(36,37)23-4-2-3-22(31-23)33-12-8-18(34)15-33/h2-7,11,13-14,18,34H,8-10,12,15H2,1H3,(H,32,35). The Morgan fingerprint density at radius 2 is 1.95 bits per heavy atom. The lowest BCUT2D eigenvalue weighted by molar-refractivity contribution is -0.137. The molecule has 5 rings (SSSR count). The van der Waals surface area contributed by atoms with Crippen LogP contribution in [0.5, 0.6) is 5.75 Å². The maximum Gasteiger partial charge on any atom is 0.416 e. The third kappa shape index (κ3) is 5.69. The van der Waals surface area contributed by atoms with Crippen molar-refractivity contribution in [1.82, 2.24) is 14.7 Å². The zero-order chi connectivity index (χ0) is 28.0. The van der Waals surface area contributed by atoms with E-state index in [1.54, 1.807) is 36.1 Å². The molecule has 1 saturated heterocycles. The molecule has 206 valence electrons. The molecule has 3 aromatic rings. The number of anilines is 1. The van der Waals surface area contributed by atoms with Gasteiger partial charge in [-0.25, -0.2) is 9.71 Å². The largest absolute Gasteiger partial charge is 0.477 e. The molecule has 1 aliphatic heterocycles. The molecule has 9 nitrogen and oxygen atoms in total. The smallest absolute Gasteiger partial charge is 0.416 e. The number of alkyl halides is 3. The van der Waals surface area contributed by atoms with Gasteiger partial charge in [0.2, 0.25) is 0 Å². The molecule has 3 heterocycles. The van der Waals surface area contributed by atoms with E-state index in [0.717, 1.165) is 23.9 Å². The molecule has 13 heteroatoms. The van der Waals surface area contributed by atoms with Gasteiger partial charge in [0.25, 0.3) is 15.9 Å². The number of halogens is 3. The number of aromatic nitrogens is 2. The number of β-amino-alcohol motifs (C(OH)–C–C–N with tert-alkyl or cyclic N) is 1. The van der Waals surface area contributed by atoms with Crippen LogP contribution >= 0.6 is 0 Å². The van der Waals surface area contributed by atoms with E-state index in [2.05, 4.69) is 9.97 Å². The second-order valence-corrected chi connectivity index (χ2v) is 11.3. The summed E-state index contributed by atoms with van der Waals surface area (Å²) < 4.78 is 74.0. The summed E-state index contributed by atoms with van der Waals surface area (Å²) >= 11 is 0. The van der Waals surface area contributed by atoms with Crippen molar-refractivity contribution in [3.8, 4) is 17.0 Å². The summed E-state index contributed by atoms with van der Waals surface area (Å²) in [5, 5.41) is 9.41. The molecule has 0 spiro atoms. The molecular formula is C26H25F3N4O5S. The predicted molar refractivity (Wildman–Crippen MR) is 134 cm³/mol. The number of hydrogen-bond acceptors (Lipinski definition) is 8. The van der Waals surface area contributed by atoms with Crippen molar-refractivity contribution in [2.75, 3.05) is 18.0 Å². The summed E-state index contributed by atoms with van der Waals surface area (Å²) in [6, 6.07) is 10.9. The summed E-state index contributed by atoms with van der Waals surface area (Å²) in [7, 11) is -4.37. The van der Waals surface area contributed by atoms with Gasteiger partial charge in [0.05, 0.1) is 17.4 Å². The van der Waals surface area contributed by atoms with Gasteiger partial charge in [0.15, 0.2) is 10.6 Å². The van der Waals surface area contributed by atoms with Crippen LogP contribution in [0.2, 0.25) is 0 Å². The number of amides is 1. The lowest BCUT2D eigenvalue weighted by Gasteiger charge is -2.21. The van der Waals surface area contributed by atoms with Crippen LogP contribution in [0.3, 0.4) is 0 Å². The number of carbonyl (C=O) groups excluding carboxylic acids is 1. The second-order valence-electron chi connectivity index (χ2n) is 9.68. The number of benzene rings is 1. The number of hydrogen-bond donors (Lipinski definition) is 2. The van der Waals surface area contributed by atoms with E-state index < -0.39 is 39.4 Å². The SMILES string of the molecule is Cc1ccc(-c2cc(C(F)(F)F)ccn2)c(OC2(C(=O)NS(=O)(=O)c3cccc(N4CCC(O)C4)n3)CC2)c1. The molecule has 2 fully saturated rings. The Morgan fingerprint density at radius 1 is 1.18 bits per heavy atom. The highest BCUT2D eigenvalue weighted by atomic mass is 32.2. The summed E-state index contributed by atoms with van der Waals surface area (Å²) in [6.45, 7) is 2.58. The fourth-order valence-corrected chi connectivity index (χ4v) is 5.33. The quantitative estimate of drug-likeness (QED) is 0.449. The van der Waals surface area contributed by atoms with Gasteiger partial charge in [-0.3, -0.25) is 9.78 Å². The number of aliphatic hydroxyl groups excluding tert-OH is 1. The fraction of sp³-hybridized carbons (Fsp3) is 0.346. The highest BCUT2D eigenvalue weighted by Gasteiger charge is 2.54. The first kappa shape index (κ1) is 26.9. The van der Waals surface area contributed by atoms with E-state index in [1.807, 2.05) is 4.72 Å². The maximum absolute atomic E-state index is 13.3. The van der Waals surface area contributed by atoms with E-state index >= 15 is 0 Å². The maximum atomic E-state index is 13.3. The molecule has 1 aliphatic carbocycles. The number of pyridine rings is 2. The average molecular weight is 563 g/mol. The Morgan fingerprint density at radius 3 is 2.62 bits per heavy atom. The van der Waals surface area contributed by atoms with E-state index in [9.17, 15) is 31.5 Å². The van der Waals surface area contributed by atoms with Crippen LogP contribution in [0, 0.1) is 6.92 Å². The number of aryl methyl sites for hydroxylation is 1. The molecule has 1 unspecified atom stereocenters. The molecule has 1 atom stereocenters. The van der Waals surface area contributed by atoms with Gasteiger partial charge in [-0.05, 0) is 55.3 Å². The van der Waals surface area contributed by atoms with Crippen LogP contribution in [0.15, 0.2) is 59.8 Å². The van der Waals surface area contributed by atoms with Crippen LogP contribution in [-0.4, -0.2) is 54.2 Å². The minimum Gasteiger partial charge on any atom is -0.477 e. The number of ether oxygens (including phenoxy) is 1. The summed E-state index contributed by atoms with van der Waals surface area (Å²) in [5.74, 6) is -0.437. The topological polar surface area (TPSA) is 122 Å². The second kappa shape index (κ2) is 9.79. The summed E-state index contributed by atoms with van der Waals surface area (Å²) in [6.07, 6.45) is -3.12. The minimum absolute atomic E-state index is 0.00305. The molecule has 2 N–H and O–H groups in total. The predicted octanol–water partition coefficient (Wildman–Crippen LogP) is 3.46. The van der Waals surface area contributed by atoms with Crippen LogP contribution in [-0.2, 0) is 21.0 Å². The zero-order valence-electron chi connectivity index (χ0n) is 20.8. The van der Waals surface area contributed by atoms with E-state index in [-0.39, 0.29) is 34.9 Å². The van der Waals surface area contributed by atoms with Gasteiger partial charge in [-0.2, -0.15) is 21.6 Å². The molecule has 1 aromatic carbocycles. The molecule has 39 heavy (non-hydrogen) atoms. The van der Waals surface area contributed by atoms with Gasteiger partial charge in [0, 0.05) is 37.7 Å². The van der Waals surface area contributed by atoms with Crippen LogP contribution in [0.25, 0.3) is 11.3 Å². The average Bonchev–Trinajstić information content (AvgIpc) is 3.54. The Kier molecular flexibility index (Phi) is 6.75. The number of aliphatic hydroxyl groups is 1. The first-order chi connectivity index (χ1) is 18.4. The highest BCUT2D eigenvalue weighted by molar-refractivity contribution is 7.90. The molecule has 2 aromatic heterocycles. The number of carbonyl (C=O) groups is 1. The van der Waals surface area contributed by atoms with E-state index in [0.29, 0.717) is 25.3 Å². The normalized spacial score (nSPS) is 18.6. The van der Waals surface area contributed by atoms with Crippen molar-refractivity contribution < 1.29 is 36.2 Å². The van der Waals surface area contributed by atoms with Gasteiger partial charge in [-0.1, -0.05) is 12.1 Å². The molecule has 0 radical (unpaired) electrons. The number of sulfonamides is 1. The van der Waals surface area contributed by atoms with Gasteiger partial charge in [0.1, 0.15) is 11.6 Å². The zero-order valence-corrected chi connectivity index (χ0v) is 21.6. The van der Waals surface area contributed by atoms with Crippen LogP contribution in [0.1, 0.15) is 30.4 Å². The van der Waals surface area contributed by atoms with Crippen molar-refractivity contribution in [3.63, 3.8) is 0 Å². The molecular weight excluding hydrogens is 537 g/mol. The molecule has 1 saturated carbocycles. The monoisotopic (exact) mass is 562 g/mol. The van der Waals surface area contributed by atoms with Crippen molar-refractivity contribution in [2.24, 2.45) is 0 Å². The van der Waals surface area contributed by atoms with Crippen molar-refractivity contribution in [3.05, 3.63) is 65.9 Å². The Hall–Kier alpha value is -3.71. The van der Waals surface area contributed by atoms with Gasteiger partial charge < -0.3 is 14.7 Å². The third-order valence-corrected chi connectivity index (χ3v) is 7.85. The number of nitrogens with one attached hydrogen (secondary N) is 1. The van der Waals surface area contributed by atoms with Crippen molar-refractivity contribution in [2.45, 2.75) is 49.1 Å². The van der Waals surface area contributed by atoms with Crippen LogP contribution in [0.4, 0.5) is 19.0 Å². The Bertz CT molecular complexity index is 1530. The van der Waals surface area contributed by atoms with Crippen molar-refractivity contribution >= 4 is 21.7 Å². The highest BCUT2D eigenvalue weighted by Crippen LogP contribution is 2.44. The lowest BCUT2D eigenvalue weighted by Crippen LogP contribution is -2.43.